The first kappa shape index (κ1) is 16.1. The van der Waals surface area contributed by atoms with E-state index in [1.54, 1.807) is 24.3 Å². The quantitative estimate of drug-likeness (QED) is 0.924. The van der Waals surface area contributed by atoms with Crippen LogP contribution in [0.4, 0.5) is 0 Å². The number of nitrogens with one attached hydrogen (secondary N) is 1. The molecule has 1 unspecified atom stereocenters. The molecule has 1 aliphatic heterocycles. The summed E-state index contributed by atoms with van der Waals surface area (Å²) in [5, 5.41) is 3.79. The minimum atomic E-state index is 0. The van der Waals surface area contributed by atoms with Crippen LogP contribution in [0.15, 0.2) is 24.3 Å². The number of carbonyl (C=O) groups is 1. The summed E-state index contributed by atoms with van der Waals surface area (Å²) >= 11 is 5.84. The second-order valence-electron chi connectivity index (χ2n) is 4.36. The average Bonchev–Trinajstić information content (AvgIpc) is 2.85. The third kappa shape index (κ3) is 4.56. The zero-order valence-corrected chi connectivity index (χ0v) is 12.3. The molecule has 1 atom stereocenters. The van der Waals surface area contributed by atoms with Gasteiger partial charge in [0.1, 0.15) is 5.75 Å². The van der Waals surface area contributed by atoms with Crippen molar-refractivity contribution >= 4 is 29.9 Å². The Morgan fingerprint density at radius 3 is 3.00 bits per heavy atom. The fourth-order valence-corrected chi connectivity index (χ4v) is 2.20. The van der Waals surface area contributed by atoms with Crippen LogP contribution in [0.25, 0.3) is 0 Å². The standard InChI is InChI=1S/C13H17ClN2O2.ClH/c1-15-11-5-6-16(8-11)13(17)9-18-12-4-2-3-10(14)7-12;/h2-4,7,11,15H,5-6,8-9H2,1H3;1H. The van der Waals surface area contributed by atoms with Gasteiger partial charge in [-0.2, -0.15) is 0 Å². The van der Waals surface area contributed by atoms with E-state index in [0.717, 1.165) is 19.5 Å². The molecule has 1 aliphatic rings. The maximum atomic E-state index is 11.9. The topological polar surface area (TPSA) is 41.6 Å². The number of halogens is 2. The highest BCUT2D eigenvalue weighted by Gasteiger charge is 2.25. The number of amides is 1. The SMILES string of the molecule is CNC1CCN(C(=O)COc2cccc(Cl)c2)C1.Cl. The number of nitrogens with zero attached hydrogens (tertiary/aromatic N) is 1. The molecule has 0 bridgehead atoms. The summed E-state index contributed by atoms with van der Waals surface area (Å²) in [6, 6.07) is 7.47. The lowest BCUT2D eigenvalue weighted by Gasteiger charge is -2.16. The highest BCUT2D eigenvalue weighted by molar-refractivity contribution is 6.30. The van der Waals surface area contributed by atoms with E-state index in [9.17, 15) is 4.79 Å². The summed E-state index contributed by atoms with van der Waals surface area (Å²) in [5.74, 6) is 0.646. The normalized spacial score (nSPS) is 18.0. The van der Waals surface area contributed by atoms with Gasteiger partial charge in [0.2, 0.25) is 0 Å². The molecular weight excluding hydrogens is 287 g/mol. The van der Waals surface area contributed by atoms with Crippen molar-refractivity contribution in [3.8, 4) is 5.75 Å². The smallest absolute Gasteiger partial charge is 0.260 e. The van der Waals surface area contributed by atoms with Gasteiger partial charge < -0.3 is 15.0 Å². The van der Waals surface area contributed by atoms with E-state index in [0.29, 0.717) is 16.8 Å². The van der Waals surface area contributed by atoms with Gasteiger partial charge in [-0.15, -0.1) is 12.4 Å². The van der Waals surface area contributed by atoms with Gasteiger partial charge in [0.25, 0.3) is 5.91 Å². The Morgan fingerprint density at radius 2 is 2.37 bits per heavy atom. The van der Waals surface area contributed by atoms with Gasteiger partial charge in [-0.25, -0.2) is 0 Å². The van der Waals surface area contributed by atoms with Crippen molar-refractivity contribution in [3.05, 3.63) is 29.3 Å². The van der Waals surface area contributed by atoms with Crippen LogP contribution >= 0.6 is 24.0 Å². The molecule has 4 nitrogen and oxygen atoms in total. The summed E-state index contributed by atoms with van der Waals surface area (Å²) in [7, 11) is 1.92. The highest BCUT2D eigenvalue weighted by Crippen LogP contribution is 2.17. The number of ether oxygens (including phenoxy) is 1. The Labute approximate surface area is 124 Å². The molecule has 0 radical (unpaired) electrons. The minimum absolute atomic E-state index is 0. The number of hydrogen-bond acceptors (Lipinski definition) is 3. The van der Waals surface area contributed by atoms with Crippen LogP contribution in [0.2, 0.25) is 5.02 Å². The summed E-state index contributed by atoms with van der Waals surface area (Å²) in [6.45, 7) is 1.62. The van der Waals surface area contributed by atoms with Crippen molar-refractivity contribution in [2.24, 2.45) is 0 Å². The number of hydrogen-bond donors (Lipinski definition) is 1. The predicted molar refractivity (Wildman–Crippen MR) is 78.2 cm³/mol. The first-order chi connectivity index (χ1) is 8.69. The Balaban J connectivity index is 0.00000180. The molecule has 6 heteroatoms. The number of likely N-dealkylation sites (tertiary alicyclic amines) is 1. The first-order valence-electron chi connectivity index (χ1n) is 6.02. The summed E-state index contributed by atoms with van der Waals surface area (Å²) in [5.41, 5.74) is 0. The van der Waals surface area contributed by atoms with E-state index in [1.165, 1.54) is 0 Å². The summed E-state index contributed by atoms with van der Waals surface area (Å²) in [4.78, 5) is 13.7. The molecule has 1 saturated heterocycles. The van der Waals surface area contributed by atoms with Gasteiger partial charge >= 0.3 is 0 Å². The number of benzene rings is 1. The Kier molecular flexibility index (Phi) is 6.42. The van der Waals surface area contributed by atoms with E-state index in [2.05, 4.69) is 5.32 Å². The average molecular weight is 305 g/mol. The fraction of sp³-hybridized carbons (Fsp3) is 0.462. The zero-order chi connectivity index (χ0) is 13.0. The molecule has 0 saturated carbocycles. The predicted octanol–water partition coefficient (Wildman–Crippen LogP) is 1.96. The largest absolute Gasteiger partial charge is 0.484 e. The molecule has 1 aromatic rings. The van der Waals surface area contributed by atoms with Crippen LogP contribution in [0.5, 0.6) is 5.75 Å². The van der Waals surface area contributed by atoms with Gasteiger partial charge in [0.15, 0.2) is 6.61 Å². The van der Waals surface area contributed by atoms with E-state index in [1.807, 2.05) is 11.9 Å². The van der Waals surface area contributed by atoms with Crippen LogP contribution in [-0.4, -0.2) is 43.6 Å². The minimum Gasteiger partial charge on any atom is -0.484 e. The van der Waals surface area contributed by atoms with Crippen molar-refractivity contribution in [1.82, 2.24) is 10.2 Å². The lowest BCUT2D eigenvalue weighted by Crippen LogP contribution is -2.36. The maximum absolute atomic E-state index is 11.9. The van der Waals surface area contributed by atoms with E-state index >= 15 is 0 Å². The van der Waals surface area contributed by atoms with Crippen molar-refractivity contribution < 1.29 is 9.53 Å². The van der Waals surface area contributed by atoms with Crippen molar-refractivity contribution in [2.75, 3.05) is 26.7 Å². The molecule has 0 aromatic heterocycles. The van der Waals surface area contributed by atoms with Crippen molar-refractivity contribution in [1.29, 1.82) is 0 Å². The van der Waals surface area contributed by atoms with Crippen LogP contribution in [0.1, 0.15) is 6.42 Å². The molecule has 1 aromatic carbocycles. The van der Waals surface area contributed by atoms with Gasteiger partial charge in [-0.05, 0) is 31.7 Å². The lowest BCUT2D eigenvalue weighted by atomic mass is 10.3. The Morgan fingerprint density at radius 1 is 1.58 bits per heavy atom. The Bertz CT molecular complexity index is 429. The number of carbonyl (C=O) groups excluding carboxylic acids is 1. The van der Waals surface area contributed by atoms with E-state index in [4.69, 9.17) is 16.3 Å². The molecule has 2 rings (SSSR count). The summed E-state index contributed by atoms with van der Waals surface area (Å²) in [6.07, 6.45) is 0.999. The van der Waals surface area contributed by atoms with E-state index < -0.39 is 0 Å². The molecular formula is C13H18Cl2N2O2. The third-order valence-corrected chi connectivity index (χ3v) is 3.34. The summed E-state index contributed by atoms with van der Waals surface area (Å²) < 4.78 is 5.43. The van der Waals surface area contributed by atoms with Gasteiger partial charge in [0, 0.05) is 24.2 Å². The molecule has 19 heavy (non-hydrogen) atoms. The van der Waals surface area contributed by atoms with Crippen molar-refractivity contribution in [3.63, 3.8) is 0 Å². The molecule has 0 spiro atoms. The van der Waals surface area contributed by atoms with Gasteiger partial charge in [-0.3, -0.25) is 4.79 Å². The maximum Gasteiger partial charge on any atom is 0.260 e. The molecule has 1 heterocycles. The zero-order valence-electron chi connectivity index (χ0n) is 10.8. The Hall–Kier alpha value is -0.970. The lowest BCUT2D eigenvalue weighted by molar-refractivity contribution is -0.132. The highest BCUT2D eigenvalue weighted by atomic mass is 35.5. The second kappa shape index (κ2) is 7.58. The molecule has 1 amide bonds. The number of rotatable bonds is 4. The van der Waals surface area contributed by atoms with E-state index in [-0.39, 0.29) is 24.9 Å². The van der Waals surface area contributed by atoms with Crippen molar-refractivity contribution in [2.45, 2.75) is 12.5 Å². The monoisotopic (exact) mass is 304 g/mol. The second-order valence-corrected chi connectivity index (χ2v) is 4.80. The molecule has 0 aliphatic carbocycles. The fourth-order valence-electron chi connectivity index (χ4n) is 2.02. The van der Waals surface area contributed by atoms with Crippen LogP contribution in [-0.2, 0) is 4.79 Å². The molecule has 1 fully saturated rings. The molecule has 1 N–H and O–H groups in total. The number of likely N-dealkylation sites (N-methyl/N-ethyl adjacent to an activating group) is 1. The van der Waals surface area contributed by atoms with Crippen LogP contribution in [0.3, 0.4) is 0 Å². The third-order valence-electron chi connectivity index (χ3n) is 3.11. The van der Waals surface area contributed by atoms with Crippen LogP contribution < -0.4 is 10.1 Å². The molecule has 106 valence electrons. The van der Waals surface area contributed by atoms with Crippen LogP contribution in [0, 0.1) is 0 Å². The van der Waals surface area contributed by atoms with Gasteiger partial charge in [0.05, 0.1) is 0 Å². The van der Waals surface area contributed by atoms with Gasteiger partial charge in [-0.1, -0.05) is 17.7 Å². The first-order valence-corrected chi connectivity index (χ1v) is 6.40.